The molecule has 2 aromatic carbocycles. The predicted molar refractivity (Wildman–Crippen MR) is 83.7 cm³/mol. The van der Waals surface area contributed by atoms with Crippen molar-refractivity contribution >= 4 is 11.6 Å². The van der Waals surface area contributed by atoms with Crippen LogP contribution < -0.4 is 11.3 Å². The highest BCUT2D eigenvalue weighted by molar-refractivity contribution is 6.30. The Balaban J connectivity index is 1.85. The van der Waals surface area contributed by atoms with Gasteiger partial charge in [0, 0.05) is 5.02 Å². The van der Waals surface area contributed by atoms with Crippen LogP contribution in [0.25, 0.3) is 0 Å². The number of hydrazine groups is 1. The molecule has 20 heavy (non-hydrogen) atoms. The molecule has 1 aliphatic rings. The lowest BCUT2D eigenvalue weighted by Crippen LogP contribution is -2.28. The Hall–Kier alpha value is -1.35. The molecular weight excluding hydrogens is 268 g/mol. The van der Waals surface area contributed by atoms with E-state index >= 15 is 0 Å². The summed E-state index contributed by atoms with van der Waals surface area (Å²) in [4.78, 5) is 0. The normalized spacial score (nSPS) is 16.7. The smallest absolute Gasteiger partial charge is 0.0710 e. The van der Waals surface area contributed by atoms with Crippen LogP contribution in [0.2, 0.25) is 5.02 Å². The molecule has 3 rings (SSSR count). The monoisotopic (exact) mass is 286 g/mol. The fourth-order valence-electron chi connectivity index (χ4n) is 2.77. The maximum absolute atomic E-state index is 6.06. The quantitative estimate of drug-likeness (QED) is 0.654. The van der Waals surface area contributed by atoms with E-state index < -0.39 is 0 Å². The number of rotatable bonds is 4. The predicted octanol–water partition coefficient (Wildman–Crippen LogP) is 4.16. The van der Waals surface area contributed by atoms with Gasteiger partial charge in [0.1, 0.15) is 0 Å². The van der Waals surface area contributed by atoms with Gasteiger partial charge in [-0.15, -0.1) is 0 Å². The molecule has 3 heteroatoms. The Morgan fingerprint density at radius 3 is 2.35 bits per heavy atom. The van der Waals surface area contributed by atoms with Crippen molar-refractivity contribution in [2.24, 2.45) is 5.84 Å². The summed E-state index contributed by atoms with van der Waals surface area (Å²) in [5.41, 5.74) is 6.57. The Morgan fingerprint density at radius 1 is 1.05 bits per heavy atom. The summed E-state index contributed by atoms with van der Waals surface area (Å²) in [6.07, 6.45) is 4.01. The summed E-state index contributed by atoms with van der Waals surface area (Å²) >= 11 is 6.06. The lowest BCUT2D eigenvalue weighted by atomic mass is 9.79. The maximum Gasteiger partial charge on any atom is 0.0710 e. The van der Waals surface area contributed by atoms with Crippen molar-refractivity contribution in [3.63, 3.8) is 0 Å². The molecule has 0 radical (unpaired) electrons. The molecule has 0 spiro atoms. The summed E-state index contributed by atoms with van der Waals surface area (Å²) in [5.74, 6) is 6.49. The molecule has 1 saturated carbocycles. The molecule has 0 heterocycles. The molecule has 1 atom stereocenters. The van der Waals surface area contributed by atoms with Crippen LogP contribution in [0.3, 0.4) is 0 Å². The van der Waals surface area contributed by atoms with Crippen LogP contribution in [0.1, 0.15) is 47.9 Å². The first-order valence-corrected chi connectivity index (χ1v) is 7.47. The topological polar surface area (TPSA) is 38.0 Å². The van der Waals surface area contributed by atoms with Gasteiger partial charge in [0.2, 0.25) is 0 Å². The van der Waals surface area contributed by atoms with Crippen molar-refractivity contribution in [1.29, 1.82) is 0 Å². The average Bonchev–Trinajstić information content (AvgIpc) is 2.40. The van der Waals surface area contributed by atoms with Crippen molar-refractivity contribution in [3.8, 4) is 0 Å². The van der Waals surface area contributed by atoms with E-state index in [2.05, 4.69) is 29.7 Å². The zero-order valence-electron chi connectivity index (χ0n) is 11.4. The minimum Gasteiger partial charge on any atom is -0.271 e. The molecule has 0 aromatic heterocycles. The van der Waals surface area contributed by atoms with Crippen LogP contribution in [0.4, 0.5) is 0 Å². The number of nitrogens with two attached hydrogens (primary N) is 1. The Morgan fingerprint density at radius 2 is 1.80 bits per heavy atom. The summed E-state index contributed by atoms with van der Waals surface area (Å²) in [6, 6.07) is 16.6. The van der Waals surface area contributed by atoms with Gasteiger partial charge in [-0.2, -0.15) is 0 Å². The Kier molecular flexibility index (Phi) is 4.06. The SMILES string of the molecule is NNC(c1ccc(C2CCC2)cc1)c1cccc(Cl)c1. The van der Waals surface area contributed by atoms with Crippen LogP contribution in [-0.2, 0) is 0 Å². The zero-order chi connectivity index (χ0) is 13.9. The Bertz CT molecular complexity index is 576. The van der Waals surface area contributed by atoms with Gasteiger partial charge in [-0.1, -0.05) is 54.4 Å². The molecule has 0 aliphatic heterocycles. The van der Waals surface area contributed by atoms with Gasteiger partial charge in [-0.25, -0.2) is 5.43 Å². The number of benzene rings is 2. The molecule has 0 saturated heterocycles. The molecule has 1 unspecified atom stereocenters. The summed E-state index contributed by atoms with van der Waals surface area (Å²) in [5, 5.41) is 0.730. The number of hydrogen-bond acceptors (Lipinski definition) is 2. The van der Waals surface area contributed by atoms with Gasteiger partial charge < -0.3 is 0 Å². The highest BCUT2D eigenvalue weighted by Crippen LogP contribution is 2.36. The molecule has 3 N–H and O–H groups in total. The fraction of sp³-hybridized carbons (Fsp3) is 0.294. The van der Waals surface area contributed by atoms with Crippen molar-refractivity contribution in [3.05, 3.63) is 70.2 Å². The van der Waals surface area contributed by atoms with Crippen LogP contribution in [0.5, 0.6) is 0 Å². The molecule has 1 aliphatic carbocycles. The average molecular weight is 287 g/mol. The van der Waals surface area contributed by atoms with E-state index in [0.717, 1.165) is 22.1 Å². The van der Waals surface area contributed by atoms with Crippen LogP contribution in [0.15, 0.2) is 48.5 Å². The molecule has 0 amide bonds. The van der Waals surface area contributed by atoms with Gasteiger partial charge in [-0.05, 0) is 47.6 Å². The second-order valence-corrected chi connectivity index (χ2v) is 5.89. The number of nitrogens with one attached hydrogen (secondary N) is 1. The lowest BCUT2D eigenvalue weighted by molar-refractivity contribution is 0.419. The first-order chi connectivity index (χ1) is 9.78. The third-order valence-corrected chi connectivity index (χ3v) is 4.43. The van der Waals surface area contributed by atoms with Gasteiger partial charge in [0.15, 0.2) is 0 Å². The van der Waals surface area contributed by atoms with E-state index in [1.807, 2.05) is 24.3 Å². The molecular formula is C17H19ClN2. The largest absolute Gasteiger partial charge is 0.271 e. The van der Waals surface area contributed by atoms with Crippen LogP contribution in [-0.4, -0.2) is 0 Å². The minimum absolute atomic E-state index is 0.0239. The number of halogens is 1. The molecule has 2 nitrogen and oxygen atoms in total. The molecule has 0 bridgehead atoms. The van der Waals surface area contributed by atoms with E-state index in [4.69, 9.17) is 17.4 Å². The van der Waals surface area contributed by atoms with E-state index in [0.29, 0.717) is 0 Å². The fourth-order valence-corrected chi connectivity index (χ4v) is 2.97. The first kappa shape index (κ1) is 13.6. The van der Waals surface area contributed by atoms with Crippen molar-refractivity contribution in [1.82, 2.24) is 5.43 Å². The van der Waals surface area contributed by atoms with Crippen LogP contribution in [0, 0.1) is 0 Å². The van der Waals surface area contributed by atoms with Gasteiger partial charge in [-0.3, -0.25) is 5.84 Å². The Labute approximate surface area is 124 Å². The van der Waals surface area contributed by atoms with Gasteiger partial charge in [0.05, 0.1) is 6.04 Å². The van der Waals surface area contributed by atoms with Crippen LogP contribution >= 0.6 is 11.6 Å². The van der Waals surface area contributed by atoms with Crippen molar-refractivity contribution in [2.45, 2.75) is 31.2 Å². The summed E-state index contributed by atoms with van der Waals surface area (Å²) < 4.78 is 0. The summed E-state index contributed by atoms with van der Waals surface area (Å²) in [6.45, 7) is 0. The van der Waals surface area contributed by atoms with Gasteiger partial charge in [0.25, 0.3) is 0 Å². The molecule has 1 fully saturated rings. The number of hydrogen-bond donors (Lipinski definition) is 2. The van der Waals surface area contributed by atoms with Crippen molar-refractivity contribution < 1.29 is 0 Å². The van der Waals surface area contributed by atoms with E-state index in [-0.39, 0.29) is 6.04 Å². The minimum atomic E-state index is -0.0239. The van der Waals surface area contributed by atoms with E-state index in [1.165, 1.54) is 24.8 Å². The van der Waals surface area contributed by atoms with Crippen molar-refractivity contribution in [2.75, 3.05) is 0 Å². The first-order valence-electron chi connectivity index (χ1n) is 7.09. The second-order valence-electron chi connectivity index (χ2n) is 5.45. The third-order valence-electron chi connectivity index (χ3n) is 4.20. The van der Waals surface area contributed by atoms with E-state index in [9.17, 15) is 0 Å². The standard InChI is InChI=1S/C17H19ClN2/c18-16-6-2-5-15(11-16)17(20-19)14-9-7-13(8-10-14)12-3-1-4-12/h2,5-12,17,20H,1,3-4,19H2. The maximum atomic E-state index is 6.06. The molecule has 104 valence electrons. The second kappa shape index (κ2) is 5.96. The molecule has 2 aromatic rings. The van der Waals surface area contributed by atoms with E-state index in [1.54, 1.807) is 0 Å². The highest BCUT2D eigenvalue weighted by atomic mass is 35.5. The van der Waals surface area contributed by atoms with Gasteiger partial charge >= 0.3 is 0 Å². The third kappa shape index (κ3) is 2.73. The summed E-state index contributed by atoms with van der Waals surface area (Å²) in [7, 11) is 0. The zero-order valence-corrected chi connectivity index (χ0v) is 12.1. The highest BCUT2D eigenvalue weighted by Gasteiger charge is 2.20. The lowest BCUT2D eigenvalue weighted by Gasteiger charge is -2.26.